The van der Waals surface area contributed by atoms with Gasteiger partial charge in [-0.1, -0.05) is 42.3 Å². The third-order valence-electron chi connectivity index (χ3n) is 3.84. The molecule has 1 amide bonds. The summed E-state index contributed by atoms with van der Waals surface area (Å²) in [5.74, 6) is -1.82. The Morgan fingerprint density at radius 3 is 2.19 bits per heavy atom. The van der Waals surface area contributed by atoms with Gasteiger partial charge in [0, 0.05) is 24.0 Å². The van der Waals surface area contributed by atoms with Crippen LogP contribution in [0.4, 0.5) is 5.69 Å². The van der Waals surface area contributed by atoms with Gasteiger partial charge in [0.1, 0.15) is 6.04 Å². The van der Waals surface area contributed by atoms with E-state index in [4.69, 9.17) is 34.0 Å². The Balaban J connectivity index is 0.00000338. The Kier molecular flexibility index (Phi) is 8.30. The van der Waals surface area contributed by atoms with Crippen molar-refractivity contribution in [3.05, 3.63) is 57.8 Å². The summed E-state index contributed by atoms with van der Waals surface area (Å²) in [7, 11) is 0. The molecule has 26 heavy (non-hydrogen) atoms. The number of anilines is 1. The van der Waals surface area contributed by atoms with Crippen LogP contribution in [0.3, 0.4) is 0 Å². The van der Waals surface area contributed by atoms with Crippen molar-refractivity contribution in [2.24, 2.45) is 5.73 Å². The number of carboxylic acid groups (broad SMARTS) is 1. The maximum atomic E-state index is 12.3. The van der Waals surface area contributed by atoms with Crippen molar-refractivity contribution in [1.82, 2.24) is 4.98 Å². The third kappa shape index (κ3) is 5.08. The van der Waals surface area contributed by atoms with E-state index in [1.54, 1.807) is 24.3 Å². The molecule has 1 aromatic heterocycles. The lowest BCUT2D eigenvalue weighted by molar-refractivity contribution is -0.139. The average molecular weight is 419 g/mol. The Morgan fingerprint density at radius 1 is 1.19 bits per heavy atom. The highest BCUT2D eigenvalue weighted by atomic mass is 35.5. The Labute approximate surface area is 167 Å². The summed E-state index contributed by atoms with van der Waals surface area (Å²) < 4.78 is 0. The number of aromatic nitrogens is 1. The smallest absolute Gasteiger partial charge is 0.321 e. The van der Waals surface area contributed by atoms with Gasteiger partial charge < -0.3 is 16.2 Å². The van der Waals surface area contributed by atoms with Crippen LogP contribution >= 0.6 is 35.6 Å². The fraction of sp³-hybridized carbons (Fsp3) is 0.235. The van der Waals surface area contributed by atoms with Crippen LogP contribution in [0.25, 0.3) is 0 Å². The van der Waals surface area contributed by atoms with Crippen LogP contribution in [-0.2, 0) is 4.79 Å². The molecule has 4 N–H and O–H groups in total. The van der Waals surface area contributed by atoms with E-state index >= 15 is 0 Å². The quantitative estimate of drug-likeness (QED) is 0.658. The lowest BCUT2D eigenvalue weighted by Crippen LogP contribution is -2.36. The van der Waals surface area contributed by atoms with Crippen LogP contribution in [0.15, 0.2) is 36.7 Å². The molecule has 2 rings (SSSR count). The number of carbonyl (C=O) groups excluding carboxylic acids is 1. The van der Waals surface area contributed by atoms with Crippen LogP contribution in [0.2, 0.25) is 10.0 Å². The van der Waals surface area contributed by atoms with Gasteiger partial charge in [0.2, 0.25) is 0 Å². The molecule has 1 heterocycles. The largest absolute Gasteiger partial charge is 0.480 e. The molecule has 140 valence electrons. The fourth-order valence-corrected chi connectivity index (χ4v) is 3.04. The molecular formula is C17H18Cl3N3O3. The minimum atomic E-state index is -1.05. The highest BCUT2D eigenvalue weighted by Gasteiger charge is 2.24. The van der Waals surface area contributed by atoms with Gasteiger partial charge in [0.25, 0.3) is 5.91 Å². The molecule has 6 nitrogen and oxygen atoms in total. The second-order valence-corrected chi connectivity index (χ2v) is 6.25. The van der Waals surface area contributed by atoms with E-state index in [1.165, 1.54) is 12.4 Å². The number of carbonyl (C=O) groups is 2. The number of hydrogen-bond acceptors (Lipinski definition) is 4. The van der Waals surface area contributed by atoms with Crippen LogP contribution < -0.4 is 11.1 Å². The van der Waals surface area contributed by atoms with Crippen molar-refractivity contribution >= 4 is 53.2 Å². The first kappa shape index (κ1) is 22.2. The molecule has 9 heteroatoms. The maximum absolute atomic E-state index is 12.3. The summed E-state index contributed by atoms with van der Waals surface area (Å²) in [6, 6.07) is 5.84. The van der Waals surface area contributed by atoms with Crippen molar-refractivity contribution in [2.75, 3.05) is 5.32 Å². The van der Waals surface area contributed by atoms with Gasteiger partial charge in [0.05, 0.1) is 15.6 Å². The van der Waals surface area contributed by atoms with Gasteiger partial charge in [0.15, 0.2) is 0 Å². The predicted octanol–water partition coefficient (Wildman–Crippen LogP) is 3.97. The average Bonchev–Trinajstić information content (AvgIpc) is 2.56. The van der Waals surface area contributed by atoms with Gasteiger partial charge in [-0.05, 0) is 24.1 Å². The van der Waals surface area contributed by atoms with E-state index < -0.39 is 17.9 Å². The van der Waals surface area contributed by atoms with Gasteiger partial charge >= 0.3 is 5.97 Å². The Hall–Kier alpha value is -1.86. The normalized spacial score (nSPS) is 12.6. The van der Waals surface area contributed by atoms with Crippen LogP contribution in [0.5, 0.6) is 0 Å². The standard InChI is InChI=1S/C17H17Cl2N3O3.ClH/c1-2-11(15(20)17(24)25)9-3-5-10(6-4-9)22-16(23)14-12(18)7-21-8-13(14)19;/h3-8,11,15H,2,20H2,1H3,(H,22,23)(H,24,25);1H. The summed E-state index contributed by atoms with van der Waals surface area (Å²) in [5.41, 5.74) is 7.18. The monoisotopic (exact) mass is 417 g/mol. The van der Waals surface area contributed by atoms with Crippen molar-refractivity contribution < 1.29 is 14.7 Å². The molecule has 0 bridgehead atoms. The van der Waals surface area contributed by atoms with E-state index in [0.29, 0.717) is 12.1 Å². The first-order chi connectivity index (χ1) is 11.8. The van der Waals surface area contributed by atoms with Gasteiger partial charge in [-0.25, -0.2) is 0 Å². The third-order valence-corrected chi connectivity index (χ3v) is 4.41. The zero-order valence-electron chi connectivity index (χ0n) is 13.8. The molecule has 2 unspecified atom stereocenters. The zero-order valence-corrected chi connectivity index (χ0v) is 16.1. The van der Waals surface area contributed by atoms with E-state index in [2.05, 4.69) is 10.3 Å². The van der Waals surface area contributed by atoms with Crippen LogP contribution in [0.1, 0.15) is 35.2 Å². The zero-order chi connectivity index (χ0) is 18.6. The van der Waals surface area contributed by atoms with Crippen molar-refractivity contribution in [2.45, 2.75) is 25.3 Å². The highest BCUT2D eigenvalue weighted by Crippen LogP contribution is 2.26. The van der Waals surface area contributed by atoms with Gasteiger partial charge in [-0.3, -0.25) is 14.6 Å². The fourth-order valence-electron chi connectivity index (χ4n) is 2.50. The maximum Gasteiger partial charge on any atom is 0.321 e. The molecule has 0 saturated carbocycles. The number of rotatable bonds is 6. The second-order valence-electron chi connectivity index (χ2n) is 5.43. The molecule has 2 atom stereocenters. The number of aliphatic carboxylic acids is 1. The van der Waals surface area contributed by atoms with Crippen molar-refractivity contribution in [3.8, 4) is 0 Å². The predicted molar refractivity (Wildman–Crippen MR) is 105 cm³/mol. The number of hydrogen-bond donors (Lipinski definition) is 3. The second kappa shape index (κ2) is 9.73. The number of benzene rings is 1. The number of nitrogens with zero attached hydrogens (tertiary/aromatic N) is 1. The molecular weight excluding hydrogens is 401 g/mol. The van der Waals surface area contributed by atoms with Crippen LogP contribution in [-0.4, -0.2) is 28.0 Å². The topological polar surface area (TPSA) is 105 Å². The molecule has 0 saturated heterocycles. The summed E-state index contributed by atoms with van der Waals surface area (Å²) in [4.78, 5) is 27.2. The highest BCUT2D eigenvalue weighted by molar-refractivity contribution is 6.40. The molecule has 0 aliphatic heterocycles. The number of amides is 1. The summed E-state index contributed by atoms with van der Waals surface area (Å²) in [5, 5.41) is 12.1. The van der Waals surface area contributed by atoms with E-state index in [9.17, 15) is 9.59 Å². The molecule has 1 aromatic carbocycles. The minimum absolute atomic E-state index is 0. The first-order valence-electron chi connectivity index (χ1n) is 7.53. The van der Waals surface area contributed by atoms with E-state index in [0.717, 1.165) is 5.56 Å². The van der Waals surface area contributed by atoms with E-state index in [1.807, 2.05) is 6.92 Å². The van der Waals surface area contributed by atoms with Crippen molar-refractivity contribution in [1.29, 1.82) is 0 Å². The van der Waals surface area contributed by atoms with Crippen LogP contribution in [0, 0.1) is 0 Å². The lowest BCUT2D eigenvalue weighted by atomic mass is 9.89. The molecule has 2 aromatic rings. The molecule has 0 fully saturated rings. The number of nitrogens with two attached hydrogens (primary N) is 1. The molecule has 0 radical (unpaired) electrons. The Bertz CT molecular complexity index is 764. The number of halogens is 3. The van der Waals surface area contributed by atoms with Crippen molar-refractivity contribution in [3.63, 3.8) is 0 Å². The van der Waals surface area contributed by atoms with E-state index in [-0.39, 0.29) is 33.9 Å². The molecule has 0 spiro atoms. The minimum Gasteiger partial charge on any atom is -0.480 e. The lowest BCUT2D eigenvalue weighted by Gasteiger charge is -2.20. The molecule has 0 aliphatic carbocycles. The number of pyridine rings is 1. The molecule has 0 aliphatic rings. The Morgan fingerprint density at radius 2 is 1.73 bits per heavy atom. The summed E-state index contributed by atoms with van der Waals surface area (Å²) in [6.07, 6.45) is 3.26. The number of carboxylic acids is 1. The summed E-state index contributed by atoms with van der Waals surface area (Å²) >= 11 is 11.9. The van der Waals surface area contributed by atoms with Gasteiger partial charge in [-0.2, -0.15) is 0 Å². The summed E-state index contributed by atoms with van der Waals surface area (Å²) in [6.45, 7) is 1.87. The first-order valence-corrected chi connectivity index (χ1v) is 8.29. The van der Waals surface area contributed by atoms with Gasteiger partial charge in [-0.15, -0.1) is 12.4 Å². The number of nitrogens with one attached hydrogen (secondary N) is 1. The SMILES string of the molecule is CCC(c1ccc(NC(=O)c2c(Cl)cncc2Cl)cc1)C(N)C(=O)O.Cl.